The summed E-state index contributed by atoms with van der Waals surface area (Å²) >= 11 is 0. The number of nitrogens with one attached hydrogen (secondary N) is 1. The molecule has 0 heterocycles. The van der Waals surface area contributed by atoms with Crippen molar-refractivity contribution in [2.45, 2.75) is 13.5 Å². The van der Waals surface area contributed by atoms with E-state index in [4.69, 9.17) is 9.47 Å². The van der Waals surface area contributed by atoms with Crippen molar-refractivity contribution < 1.29 is 19.2 Å². The number of nitro groups is 1. The van der Waals surface area contributed by atoms with Gasteiger partial charge in [-0.1, -0.05) is 12.1 Å². The summed E-state index contributed by atoms with van der Waals surface area (Å²) in [5.74, 6) is 0.479. The predicted octanol–water partition coefficient (Wildman–Crippen LogP) is 3.32. The van der Waals surface area contributed by atoms with Crippen LogP contribution in [0.5, 0.6) is 5.75 Å². The van der Waals surface area contributed by atoms with E-state index in [1.165, 1.54) is 11.0 Å². The smallest absolute Gasteiger partial charge is 0.293 e. The fourth-order valence-electron chi connectivity index (χ4n) is 2.68. The van der Waals surface area contributed by atoms with Crippen molar-refractivity contribution >= 4 is 17.3 Å². The van der Waals surface area contributed by atoms with Crippen molar-refractivity contribution in [2.75, 3.05) is 39.2 Å². The Hall–Kier alpha value is -3.13. The van der Waals surface area contributed by atoms with Crippen LogP contribution in [0.3, 0.4) is 0 Å². The molecule has 0 unspecified atom stereocenters. The number of hydrogen-bond donors (Lipinski definition) is 1. The molecule has 0 aliphatic rings. The molecule has 1 N–H and O–H groups in total. The quantitative estimate of drug-likeness (QED) is 0.382. The van der Waals surface area contributed by atoms with Crippen LogP contribution in [0.15, 0.2) is 42.5 Å². The lowest BCUT2D eigenvalue weighted by Crippen LogP contribution is -2.26. The highest BCUT2D eigenvalue weighted by molar-refractivity contribution is 5.95. The van der Waals surface area contributed by atoms with Crippen LogP contribution in [0, 0.1) is 10.1 Å². The number of benzene rings is 2. The van der Waals surface area contributed by atoms with E-state index in [1.807, 2.05) is 31.2 Å². The first-order valence-electron chi connectivity index (χ1n) is 8.94. The number of rotatable bonds is 10. The molecule has 0 fully saturated rings. The maximum atomic E-state index is 12.7. The van der Waals surface area contributed by atoms with Gasteiger partial charge in [0.2, 0.25) is 0 Å². The number of hydrogen-bond acceptors (Lipinski definition) is 6. The molecule has 0 radical (unpaired) electrons. The number of anilines is 1. The second kappa shape index (κ2) is 10.3. The molecule has 0 saturated carbocycles. The molecule has 28 heavy (non-hydrogen) atoms. The molecule has 2 aromatic rings. The summed E-state index contributed by atoms with van der Waals surface area (Å²) in [4.78, 5) is 25.1. The van der Waals surface area contributed by atoms with Gasteiger partial charge in [-0.25, -0.2) is 0 Å². The molecule has 150 valence electrons. The third kappa shape index (κ3) is 5.68. The lowest BCUT2D eigenvalue weighted by Gasteiger charge is -2.18. The Morgan fingerprint density at radius 2 is 1.93 bits per heavy atom. The van der Waals surface area contributed by atoms with Crippen LogP contribution in [-0.2, 0) is 11.3 Å². The third-order valence-electron chi connectivity index (χ3n) is 4.06. The summed E-state index contributed by atoms with van der Waals surface area (Å²) in [6.07, 6.45) is 0. The molecule has 2 rings (SSSR count). The lowest BCUT2D eigenvalue weighted by molar-refractivity contribution is -0.384. The maximum absolute atomic E-state index is 12.7. The minimum atomic E-state index is -0.502. The van der Waals surface area contributed by atoms with Gasteiger partial charge in [-0.15, -0.1) is 0 Å². The van der Waals surface area contributed by atoms with Crippen molar-refractivity contribution in [3.05, 3.63) is 63.7 Å². The van der Waals surface area contributed by atoms with Crippen LogP contribution in [0.4, 0.5) is 11.4 Å². The molecule has 0 aliphatic carbocycles. The van der Waals surface area contributed by atoms with Gasteiger partial charge in [-0.3, -0.25) is 14.9 Å². The van der Waals surface area contributed by atoms with E-state index < -0.39 is 4.92 Å². The average molecular weight is 387 g/mol. The van der Waals surface area contributed by atoms with E-state index in [0.717, 1.165) is 11.3 Å². The number of amides is 1. The predicted molar refractivity (Wildman–Crippen MR) is 107 cm³/mol. The van der Waals surface area contributed by atoms with E-state index in [1.54, 1.807) is 26.3 Å². The van der Waals surface area contributed by atoms with Crippen LogP contribution >= 0.6 is 0 Å². The molecular formula is C20H25N3O5. The number of methoxy groups -OCH3 is 1. The van der Waals surface area contributed by atoms with E-state index in [9.17, 15) is 14.9 Å². The molecule has 0 aromatic heterocycles. The molecular weight excluding hydrogens is 362 g/mol. The molecule has 0 spiro atoms. The van der Waals surface area contributed by atoms with Crippen LogP contribution < -0.4 is 10.1 Å². The van der Waals surface area contributed by atoms with Gasteiger partial charge in [0.1, 0.15) is 11.4 Å². The SMILES string of the molecule is CCOc1ccc(CN(C)C(=O)c2ccc(NCCOC)c([N+](=O)[O-])c2)cc1. The van der Waals surface area contributed by atoms with Crippen molar-refractivity contribution in [2.24, 2.45) is 0 Å². The van der Waals surface area contributed by atoms with E-state index in [0.29, 0.717) is 32.0 Å². The Balaban J connectivity index is 2.11. The topological polar surface area (TPSA) is 93.9 Å². The minimum absolute atomic E-state index is 0.142. The molecule has 0 saturated heterocycles. The van der Waals surface area contributed by atoms with Crippen molar-refractivity contribution in [3.63, 3.8) is 0 Å². The van der Waals surface area contributed by atoms with Gasteiger partial charge >= 0.3 is 0 Å². The van der Waals surface area contributed by atoms with E-state index >= 15 is 0 Å². The number of carbonyl (C=O) groups is 1. The summed E-state index contributed by atoms with van der Waals surface area (Å²) in [6, 6.07) is 11.9. The zero-order chi connectivity index (χ0) is 20.5. The summed E-state index contributed by atoms with van der Waals surface area (Å²) in [5.41, 5.74) is 1.41. The van der Waals surface area contributed by atoms with Gasteiger partial charge in [0.05, 0.1) is 18.1 Å². The van der Waals surface area contributed by atoms with Gasteiger partial charge in [0, 0.05) is 38.9 Å². The normalized spacial score (nSPS) is 10.4. The van der Waals surface area contributed by atoms with Crippen molar-refractivity contribution in [1.29, 1.82) is 0 Å². The Morgan fingerprint density at radius 1 is 1.21 bits per heavy atom. The maximum Gasteiger partial charge on any atom is 0.293 e. The number of nitrogens with zero attached hydrogens (tertiary/aromatic N) is 2. The fourth-order valence-corrected chi connectivity index (χ4v) is 2.68. The molecule has 0 aliphatic heterocycles. The van der Waals surface area contributed by atoms with Gasteiger partial charge in [-0.2, -0.15) is 0 Å². The minimum Gasteiger partial charge on any atom is -0.494 e. The first-order valence-corrected chi connectivity index (χ1v) is 8.94. The summed E-state index contributed by atoms with van der Waals surface area (Å²) in [5, 5.41) is 14.3. The molecule has 8 heteroatoms. The Bertz CT molecular complexity index is 808. The molecule has 1 amide bonds. The first kappa shape index (κ1) is 21.2. The second-order valence-electron chi connectivity index (χ2n) is 6.15. The number of nitro benzene ring substituents is 1. The highest BCUT2D eigenvalue weighted by Crippen LogP contribution is 2.26. The van der Waals surface area contributed by atoms with Gasteiger partial charge in [0.25, 0.3) is 11.6 Å². The van der Waals surface area contributed by atoms with Crippen LogP contribution in [0.2, 0.25) is 0 Å². The van der Waals surface area contributed by atoms with Crippen LogP contribution in [-0.4, -0.2) is 49.6 Å². The van der Waals surface area contributed by atoms with E-state index in [2.05, 4.69) is 5.32 Å². The standard InChI is InChI=1S/C20H25N3O5/c1-4-28-17-8-5-15(6-9-17)14-22(2)20(24)16-7-10-18(21-11-12-27-3)19(13-16)23(25)26/h5-10,13,21H,4,11-12,14H2,1-3H3. The van der Waals surface area contributed by atoms with Gasteiger partial charge in [0.15, 0.2) is 0 Å². The summed E-state index contributed by atoms with van der Waals surface area (Å²) in [7, 11) is 3.22. The summed E-state index contributed by atoms with van der Waals surface area (Å²) < 4.78 is 10.3. The van der Waals surface area contributed by atoms with Crippen LogP contribution in [0.1, 0.15) is 22.8 Å². The lowest BCUT2D eigenvalue weighted by atomic mass is 10.1. The first-order chi connectivity index (χ1) is 13.5. The van der Waals surface area contributed by atoms with Crippen molar-refractivity contribution in [3.8, 4) is 5.75 Å². The van der Waals surface area contributed by atoms with Gasteiger partial charge in [-0.05, 0) is 36.8 Å². The Labute approximate surface area is 164 Å². The van der Waals surface area contributed by atoms with E-state index in [-0.39, 0.29) is 17.2 Å². The molecule has 8 nitrogen and oxygen atoms in total. The number of ether oxygens (including phenoxy) is 2. The van der Waals surface area contributed by atoms with Gasteiger partial charge < -0.3 is 19.7 Å². The average Bonchev–Trinajstić information content (AvgIpc) is 2.69. The molecule has 0 bridgehead atoms. The number of carbonyl (C=O) groups excluding carboxylic acids is 1. The Morgan fingerprint density at radius 3 is 2.54 bits per heavy atom. The Kier molecular flexibility index (Phi) is 7.76. The fraction of sp³-hybridized carbons (Fsp3) is 0.350. The highest BCUT2D eigenvalue weighted by Gasteiger charge is 2.19. The zero-order valence-corrected chi connectivity index (χ0v) is 16.3. The molecule has 2 aromatic carbocycles. The second-order valence-corrected chi connectivity index (χ2v) is 6.15. The largest absolute Gasteiger partial charge is 0.494 e. The monoisotopic (exact) mass is 387 g/mol. The zero-order valence-electron chi connectivity index (χ0n) is 16.3. The van der Waals surface area contributed by atoms with Crippen molar-refractivity contribution in [1.82, 2.24) is 4.90 Å². The summed E-state index contributed by atoms with van der Waals surface area (Å²) in [6.45, 7) is 3.74. The van der Waals surface area contributed by atoms with Crippen LogP contribution in [0.25, 0.3) is 0 Å². The third-order valence-corrected chi connectivity index (χ3v) is 4.06. The molecule has 0 atom stereocenters. The highest BCUT2D eigenvalue weighted by atomic mass is 16.6.